The van der Waals surface area contributed by atoms with Gasteiger partial charge in [-0.2, -0.15) is 0 Å². The van der Waals surface area contributed by atoms with Gasteiger partial charge in [-0.15, -0.1) is 0 Å². The molecule has 0 spiro atoms. The van der Waals surface area contributed by atoms with E-state index in [4.69, 9.17) is 0 Å². The topological polar surface area (TPSA) is 66.5 Å². The van der Waals surface area contributed by atoms with E-state index in [1.54, 1.807) is 23.1 Å². The highest BCUT2D eigenvalue weighted by molar-refractivity contribution is 7.89. The molecule has 1 saturated carbocycles. The molecule has 0 aromatic heterocycles. The number of carbonyl (C=O) groups is 1. The van der Waals surface area contributed by atoms with Crippen molar-refractivity contribution in [1.29, 1.82) is 0 Å². The third kappa shape index (κ3) is 3.03. The van der Waals surface area contributed by atoms with Gasteiger partial charge < -0.3 is 4.90 Å². The number of anilines is 1. The lowest BCUT2D eigenvalue weighted by molar-refractivity contribution is -0.117. The number of nitrogens with one attached hydrogen (secondary N) is 1. The molecule has 1 aromatic rings. The van der Waals surface area contributed by atoms with E-state index in [1.165, 1.54) is 0 Å². The summed E-state index contributed by atoms with van der Waals surface area (Å²) in [7, 11) is -3.47. The molecule has 1 aliphatic heterocycles. The normalized spacial score (nSPS) is 20.0. The first-order chi connectivity index (χ1) is 10.5. The van der Waals surface area contributed by atoms with Gasteiger partial charge in [0.2, 0.25) is 15.9 Å². The maximum Gasteiger partial charge on any atom is 0.240 e. The fourth-order valence-corrected chi connectivity index (χ4v) is 4.72. The summed E-state index contributed by atoms with van der Waals surface area (Å²) in [5, 5.41) is 0. The summed E-state index contributed by atoms with van der Waals surface area (Å²) in [4.78, 5) is 13.9. The Balaban J connectivity index is 1.83. The van der Waals surface area contributed by atoms with Crippen molar-refractivity contribution < 1.29 is 13.2 Å². The zero-order valence-corrected chi connectivity index (χ0v) is 13.7. The van der Waals surface area contributed by atoms with Crippen LogP contribution in [-0.2, 0) is 14.8 Å². The van der Waals surface area contributed by atoms with E-state index < -0.39 is 10.0 Å². The van der Waals surface area contributed by atoms with Crippen molar-refractivity contribution >= 4 is 21.6 Å². The summed E-state index contributed by atoms with van der Waals surface area (Å²) in [5.41, 5.74) is 1.65. The predicted molar refractivity (Wildman–Crippen MR) is 85.3 cm³/mol. The van der Waals surface area contributed by atoms with Gasteiger partial charge in [0, 0.05) is 24.7 Å². The Morgan fingerprint density at radius 3 is 2.50 bits per heavy atom. The highest BCUT2D eigenvalue weighted by Gasteiger charge is 2.26. The van der Waals surface area contributed by atoms with Gasteiger partial charge in [-0.05, 0) is 49.9 Å². The number of carbonyl (C=O) groups excluding carboxylic acids is 1. The van der Waals surface area contributed by atoms with E-state index in [1.807, 2.05) is 6.92 Å². The van der Waals surface area contributed by atoms with E-state index in [0.29, 0.717) is 13.0 Å². The van der Waals surface area contributed by atoms with Gasteiger partial charge in [0.1, 0.15) is 0 Å². The molecule has 1 saturated heterocycles. The number of sulfonamides is 1. The number of nitrogens with zero attached hydrogens (tertiary/aromatic N) is 1. The third-order valence-corrected chi connectivity index (χ3v) is 6.04. The quantitative estimate of drug-likeness (QED) is 0.925. The predicted octanol–water partition coefficient (Wildman–Crippen LogP) is 2.34. The van der Waals surface area contributed by atoms with Crippen LogP contribution in [0.1, 0.15) is 44.1 Å². The summed E-state index contributed by atoms with van der Waals surface area (Å²) in [6.45, 7) is 2.57. The summed E-state index contributed by atoms with van der Waals surface area (Å²) < 4.78 is 27.7. The maximum atomic E-state index is 12.4. The van der Waals surface area contributed by atoms with Gasteiger partial charge >= 0.3 is 0 Å². The number of hydrogen-bond acceptors (Lipinski definition) is 3. The first-order valence-electron chi connectivity index (χ1n) is 7.91. The fourth-order valence-electron chi connectivity index (χ4n) is 3.33. The van der Waals surface area contributed by atoms with E-state index >= 15 is 0 Å². The first-order valence-corrected chi connectivity index (χ1v) is 9.39. The first kappa shape index (κ1) is 15.5. The van der Waals surface area contributed by atoms with Crippen LogP contribution >= 0.6 is 0 Å². The third-order valence-electron chi connectivity index (χ3n) is 4.52. The average Bonchev–Trinajstić information content (AvgIpc) is 3.10. The summed E-state index contributed by atoms with van der Waals surface area (Å²) in [5.74, 6) is 0.114. The Kier molecular flexibility index (Phi) is 4.23. The van der Waals surface area contributed by atoms with Gasteiger partial charge in [-0.25, -0.2) is 13.1 Å². The Morgan fingerprint density at radius 2 is 1.91 bits per heavy atom. The Labute approximate surface area is 131 Å². The molecule has 0 bridgehead atoms. The monoisotopic (exact) mass is 322 g/mol. The van der Waals surface area contributed by atoms with Crippen LogP contribution in [0.2, 0.25) is 0 Å². The van der Waals surface area contributed by atoms with Crippen LogP contribution in [0.25, 0.3) is 0 Å². The number of amides is 1. The standard InChI is InChI=1S/C16H22N2O3S/c1-12-11-14(22(20,21)17-13-5-2-3-6-13)8-9-15(12)18-10-4-7-16(18)19/h8-9,11,13,17H,2-7,10H2,1H3. The smallest absolute Gasteiger partial charge is 0.240 e. The average molecular weight is 322 g/mol. The zero-order valence-electron chi connectivity index (χ0n) is 12.8. The molecule has 120 valence electrons. The van der Waals surface area contributed by atoms with Crippen molar-refractivity contribution in [3.05, 3.63) is 23.8 Å². The molecule has 1 aromatic carbocycles. The number of rotatable bonds is 4. The molecule has 1 heterocycles. The van der Waals surface area contributed by atoms with E-state index in [-0.39, 0.29) is 16.8 Å². The molecular weight excluding hydrogens is 300 g/mol. The van der Waals surface area contributed by atoms with Crippen LogP contribution in [-0.4, -0.2) is 26.9 Å². The summed E-state index contributed by atoms with van der Waals surface area (Å²) in [6, 6.07) is 5.08. The van der Waals surface area contributed by atoms with Crippen LogP contribution < -0.4 is 9.62 Å². The largest absolute Gasteiger partial charge is 0.312 e. The molecule has 22 heavy (non-hydrogen) atoms. The van der Waals surface area contributed by atoms with E-state index in [9.17, 15) is 13.2 Å². The van der Waals surface area contributed by atoms with Crippen LogP contribution in [0.5, 0.6) is 0 Å². The van der Waals surface area contributed by atoms with E-state index in [2.05, 4.69) is 4.72 Å². The van der Waals surface area contributed by atoms with E-state index in [0.717, 1.165) is 43.4 Å². The van der Waals surface area contributed by atoms with Gasteiger partial charge in [0.15, 0.2) is 0 Å². The minimum absolute atomic E-state index is 0.0603. The second kappa shape index (κ2) is 6.01. The van der Waals surface area contributed by atoms with Gasteiger partial charge in [-0.1, -0.05) is 12.8 Å². The molecule has 3 rings (SSSR count). The van der Waals surface area contributed by atoms with Gasteiger partial charge in [-0.3, -0.25) is 4.79 Å². The van der Waals surface area contributed by atoms with Crippen LogP contribution in [0.3, 0.4) is 0 Å². The summed E-state index contributed by atoms with van der Waals surface area (Å²) >= 11 is 0. The molecule has 0 unspecified atom stereocenters. The highest BCUT2D eigenvalue weighted by Crippen LogP contribution is 2.28. The molecular formula is C16H22N2O3S. The molecule has 1 amide bonds. The van der Waals surface area contributed by atoms with Crippen molar-refractivity contribution in [2.24, 2.45) is 0 Å². The Bertz CT molecular complexity index is 679. The minimum atomic E-state index is -3.47. The fraction of sp³-hybridized carbons (Fsp3) is 0.562. The minimum Gasteiger partial charge on any atom is -0.312 e. The Morgan fingerprint density at radius 1 is 1.18 bits per heavy atom. The van der Waals surface area contributed by atoms with Crippen molar-refractivity contribution in [3.8, 4) is 0 Å². The molecule has 5 nitrogen and oxygen atoms in total. The van der Waals surface area contributed by atoms with Gasteiger partial charge in [0.25, 0.3) is 0 Å². The van der Waals surface area contributed by atoms with Crippen LogP contribution in [0.4, 0.5) is 5.69 Å². The molecule has 0 atom stereocenters. The van der Waals surface area contributed by atoms with Crippen LogP contribution in [0.15, 0.2) is 23.1 Å². The second-order valence-corrected chi connectivity index (χ2v) is 7.91. The van der Waals surface area contributed by atoms with Gasteiger partial charge in [0.05, 0.1) is 4.90 Å². The van der Waals surface area contributed by atoms with Crippen molar-refractivity contribution in [2.45, 2.75) is 56.4 Å². The molecule has 6 heteroatoms. The van der Waals surface area contributed by atoms with Crippen molar-refractivity contribution in [2.75, 3.05) is 11.4 Å². The molecule has 1 aliphatic carbocycles. The lowest BCUT2D eigenvalue weighted by Gasteiger charge is -2.19. The molecule has 0 radical (unpaired) electrons. The molecule has 2 aliphatic rings. The van der Waals surface area contributed by atoms with Crippen molar-refractivity contribution in [3.63, 3.8) is 0 Å². The lowest BCUT2D eigenvalue weighted by atomic mass is 10.2. The molecule has 2 fully saturated rings. The summed E-state index contributed by atoms with van der Waals surface area (Å²) in [6.07, 6.45) is 5.44. The Hall–Kier alpha value is -1.40. The number of benzene rings is 1. The molecule has 1 N–H and O–H groups in total. The SMILES string of the molecule is Cc1cc(S(=O)(=O)NC2CCCC2)ccc1N1CCCC1=O. The number of aryl methyl sites for hydroxylation is 1. The zero-order chi connectivity index (χ0) is 15.7. The lowest BCUT2D eigenvalue weighted by Crippen LogP contribution is -2.32. The maximum absolute atomic E-state index is 12.4. The van der Waals surface area contributed by atoms with Crippen LogP contribution in [0, 0.1) is 6.92 Å². The van der Waals surface area contributed by atoms with Crippen molar-refractivity contribution in [1.82, 2.24) is 4.72 Å². The number of hydrogen-bond donors (Lipinski definition) is 1. The second-order valence-electron chi connectivity index (χ2n) is 6.20. The highest BCUT2D eigenvalue weighted by atomic mass is 32.2.